The summed E-state index contributed by atoms with van der Waals surface area (Å²) >= 11 is 6.66. The summed E-state index contributed by atoms with van der Waals surface area (Å²) in [5.74, 6) is 1.61. The van der Waals surface area contributed by atoms with Gasteiger partial charge >= 0.3 is 0 Å². The van der Waals surface area contributed by atoms with Crippen LogP contribution in [-0.2, 0) is 19.8 Å². The number of likely N-dealkylation sites (tertiary alicyclic amines) is 1. The number of aldehydes is 1. The molecule has 0 saturated carbocycles. The molecule has 32 heavy (non-hydrogen) atoms. The summed E-state index contributed by atoms with van der Waals surface area (Å²) < 4.78 is 12.0. The summed E-state index contributed by atoms with van der Waals surface area (Å²) in [6.07, 6.45) is 2.13. The number of rotatable bonds is 9. The summed E-state index contributed by atoms with van der Waals surface area (Å²) in [7, 11) is 0. The summed E-state index contributed by atoms with van der Waals surface area (Å²) in [5.41, 5.74) is 5.82. The maximum absolute atomic E-state index is 10.9. The van der Waals surface area contributed by atoms with Gasteiger partial charge in [-0.25, -0.2) is 0 Å². The van der Waals surface area contributed by atoms with Gasteiger partial charge in [-0.2, -0.15) is 0 Å². The zero-order valence-corrected chi connectivity index (χ0v) is 19.3. The van der Waals surface area contributed by atoms with Crippen LogP contribution in [-0.4, -0.2) is 24.3 Å². The standard InChI is InChI=1S/C27H28ClNO3/c1-19-13-21(15-29-11-4-12-29)7-9-25(19)31-17-23-5-3-6-24(27(23)28)18-32-26-10-8-22(16-30)14-20(26)2/h3,5-10,13-14,16H,4,11-12,15,17-18H2,1-2H3. The van der Waals surface area contributed by atoms with Crippen LogP contribution in [0.1, 0.15) is 44.6 Å². The predicted octanol–water partition coefficient (Wildman–Crippen LogP) is 6.13. The van der Waals surface area contributed by atoms with Crippen LogP contribution in [0.4, 0.5) is 0 Å². The molecule has 5 heteroatoms. The van der Waals surface area contributed by atoms with E-state index in [1.807, 2.05) is 37.3 Å². The molecule has 0 aliphatic carbocycles. The van der Waals surface area contributed by atoms with Gasteiger partial charge in [-0.3, -0.25) is 9.69 Å². The van der Waals surface area contributed by atoms with Crippen LogP contribution in [0, 0.1) is 13.8 Å². The second-order valence-electron chi connectivity index (χ2n) is 8.34. The van der Waals surface area contributed by atoms with Crippen LogP contribution in [0.3, 0.4) is 0 Å². The molecule has 1 aliphatic heterocycles. The van der Waals surface area contributed by atoms with Crippen molar-refractivity contribution in [2.75, 3.05) is 13.1 Å². The van der Waals surface area contributed by atoms with Crippen LogP contribution in [0.25, 0.3) is 0 Å². The average Bonchev–Trinajstić information content (AvgIpc) is 2.76. The van der Waals surface area contributed by atoms with Crippen molar-refractivity contribution in [3.8, 4) is 11.5 Å². The molecule has 1 heterocycles. The highest BCUT2D eigenvalue weighted by Gasteiger charge is 2.14. The Kier molecular flexibility index (Phi) is 7.13. The minimum Gasteiger partial charge on any atom is -0.489 e. The minimum absolute atomic E-state index is 0.345. The summed E-state index contributed by atoms with van der Waals surface area (Å²) in [4.78, 5) is 13.4. The Morgan fingerprint density at radius 2 is 1.53 bits per heavy atom. The number of benzene rings is 3. The molecule has 0 bridgehead atoms. The first kappa shape index (κ1) is 22.4. The molecule has 0 atom stereocenters. The lowest BCUT2D eigenvalue weighted by molar-refractivity contribution is 0.112. The first-order valence-corrected chi connectivity index (χ1v) is 11.3. The first-order valence-electron chi connectivity index (χ1n) is 10.9. The van der Waals surface area contributed by atoms with Crippen LogP contribution in [0.5, 0.6) is 11.5 Å². The molecule has 0 aromatic heterocycles. The highest BCUT2D eigenvalue weighted by atomic mass is 35.5. The van der Waals surface area contributed by atoms with Gasteiger partial charge in [0.15, 0.2) is 0 Å². The second-order valence-corrected chi connectivity index (χ2v) is 8.72. The van der Waals surface area contributed by atoms with E-state index in [1.165, 1.54) is 25.1 Å². The lowest BCUT2D eigenvalue weighted by Gasteiger charge is -2.30. The molecule has 1 fully saturated rings. The molecule has 166 valence electrons. The van der Waals surface area contributed by atoms with Crippen LogP contribution < -0.4 is 9.47 Å². The van der Waals surface area contributed by atoms with Gasteiger partial charge in [0, 0.05) is 23.2 Å². The molecular formula is C27H28ClNO3. The van der Waals surface area contributed by atoms with Crippen LogP contribution in [0.2, 0.25) is 5.02 Å². The molecular weight excluding hydrogens is 422 g/mol. The van der Waals surface area contributed by atoms with E-state index in [0.29, 0.717) is 23.8 Å². The van der Waals surface area contributed by atoms with E-state index in [4.69, 9.17) is 21.1 Å². The van der Waals surface area contributed by atoms with Crippen LogP contribution in [0.15, 0.2) is 54.6 Å². The van der Waals surface area contributed by atoms with Crippen molar-refractivity contribution in [3.05, 3.63) is 93.0 Å². The summed E-state index contributed by atoms with van der Waals surface area (Å²) in [5, 5.41) is 0.654. The van der Waals surface area contributed by atoms with E-state index >= 15 is 0 Å². The van der Waals surface area contributed by atoms with Gasteiger partial charge in [-0.15, -0.1) is 0 Å². The summed E-state index contributed by atoms with van der Waals surface area (Å²) in [6.45, 7) is 8.14. The van der Waals surface area contributed by atoms with Crippen molar-refractivity contribution in [2.24, 2.45) is 0 Å². The monoisotopic (exact) mass is 449 g/mol. The number of hydrogen-bond acceptors (Lipinski definition) is 4. The Balaban J connectivity index is 1.38. The van der Waals surface area contributed by atoms with E-state index in [2.05, 4.69) is 30.0 Å². The van der Waals surface area contributed by atoms with E-state index < -0.39 is 0 Å². The third-order valence-corrected chi connectivity index (χ3v) is 6.34. The maximum Gasteiger partial charge on any atom is 0.150 e. The average molecular weight is 450 g/mol. The minimum atomic E-state index is 0.345. The second kappa shape index (κ2) is 10.2. The number of nitrogens with zero attached hydrogens (tertiary/aromatic N) is 1. The SMILES string of the molecule is Cc1cc(C=O)ccc1OCc1cccc(COc2ccc(CN3CCC3)cc2C)c1Cl. The molecule has 0 amide bonds. The molecule has 3 aromatic rings. The zero-order chi connectivity index (χ0) is 22.5. The van der Waals surface area contributed by atoms with Gasteiger partial charge in [0.2, 0.25) is 0 Å². The van der Waals surface area contributed by atoms with Crippen molar-refractivity contribution < 1.29 is 14.3 Å². The Morgan fingerprint density at radius 3 is 2.06 bits per heavy atom. The van der Waals surface area contributed by atoms with E-state index in [-0.39, 0.29) is 0 Å². The Hall–Kier alpha value is -2.82. The quantitative estimate of drug-likeness (QED) is 0.368. The summed E-state index contributed by atoms with van der Waals surface area (Å²) in [6, 6.07) is 17.7. The van der Waals surface area contributed by atoms with E-state index in [0.717, 1.165) is 46.6 Å². The molecule has 1 aliphatic rings. The predicted molar refractivity (Wildman–Crippen MR) is 128 cm³/mol. The molecule has 0 unspecified atom stereocenters. The van der Waals surface area contributed by atoms with Crippen molar-refractivity contribution in [1.82, 2.24) is 4.90 Å². The highest BCUT2D eigenvalue weighted by molar-refractivity contribution is 6.32. The molecule has 0 radical (unpaired) electrons. The van der Waals surface area contributed by atoms with Gasteiger partial charge in [-0.1, -0.05) is 41.9 Å². The molecule has 1 saturated heterocycles. The number of halogens is 1. The highest BCUT2D eigenvalue weighted by Crippen LogP contribution is 2.27. The molecule has 0 N–H and O–H groups in total. The lowest BCUT2D eigenvalue weighted by atomic mass is 10.1. The molecule has 4 rings (SSSR count). The maximum atomic E-state index is 10.9. The van der Waals surface area contributed by atoms with Crippen molar-refractivity contribution in [2.45, 2.75) is 40.0 Å². The first-order chi connectivity index (χ1) is 15.5. The van der Waals surface area contributed by atoms with Gasteiger partial charge in [0.25, 0.3) is 0 Å². The number of aryl methyl sites for hydroxylation is 2. The Bertz CT molecular complexity index is 1110. The number of ether oxygens (including phenoxy) is 2. The van der Waals surface area contributed by atoms with Gasteiger partial charge in [0.05, 0.1) is 5.02 Å². The Labute approximate surface area is 194 Å². The molecule has 0 spiro atoms. The fraction of sp³-hybridized carbons (Fsp3) is 0.296. The largest absolute Gasteiger partial charge is 0.489 e. The molecule has 3 aromatic carbocycles. The number of hydrogen-bond donors (Lipinski definition) is 0. The molecule has 4 nitrogen and oxygen atoms in total. The van der Waals surface area contributed by atoms with Gasteiger partial charge < -0.3 is 9.47 Å². The van der Waals surface area contributed by atoms with E-state index in [1.54, 1.807) is 6.07 Å². The normalized spacial score (nSPS) is 13.5. The zero-order valence-electron chi connectivity index (χ0n) is 18.6. The van der Waals surface area contributed by atoms with Crippen LogP contribution >= 0.6 is 11.6 Å². The third kappa shape index (κ3) is 5.32. The fourth-order valence-electron chi connectivity index (χ4n) is 3.84. The van der Waals surface area contributed by atoms with Gasteiger partial charge in [0.1, 0.15) is 31.0 Å². The number of carbonyl (C=O) groups is 1. The van der Waals surface area contributed by atoms with Gasteiger partial charge in [-0.05, 0) is 74.3 Å². The topological polar surface area (TPSA) is 38.8 Å². The van der Waals surface area contributed by atoms with Crippen molar-refractivity contribution in [3.63, 3.8) is 0 Å². The number of carbonyl (C=O) groups excluding carboxylic acids is 1. The van der Waals surface area contributed by atoms with Crippen molar-refractivity contribution >= 4 is 17.9 Å². The van der Waals surface area contributed by atoms with Crippen molar-refractivity contribution in [1.29, 1.82) is 0 Å². The lowest BCUT2D eigenvalue weighted by Crippen LogP contribution is -2.36. The smallest absolute Gasteiger partial charge is 0.150 e. The third-order valence-electron chi connectivity index (χ3n) is 5.85. The fourth-order valence-corrected chi connectivity index (χ4v) is 4.08. The van der Waals surface area contributed by atoms with E-state index in [9.17, 15) is 4.79 Å². The Morgan fingerprint density at radius 1 is 0.906 bits per heavy atom.